The molecule has 1 N–H and O–H groups in total. The normalized spacial score (nSPS) is 11.9. The van der Waals surface area contributed by atoms with E-state index in [1.165, 1.54) is 5.56 Å². The zero-order chi connectivity index (χ0) is 16.0. The topological polar surface area (TPSA) is 59.5 Å². The molecule has 0 saturated heterocycles. The van der Waals surface area contributed by atoms with Crippen LogP contribution in [0.25, 0.3) is 16.8 Å². The molecule has 0 unspecified atom stereocenters. The lowest BCUT2D eigenvalue weighted by Gasteiger charge is -2.06. The number of benzene rings is 1. The number of aromatic nitrogens is 3. The van der Waals surface area contributed by atoms with Gasteiger partial charge in [-0.3, -0.25) is 9.20 Å². The van der Waals surface area contributed by atoms with Crippen LogP contribution in [-0.2, 0) is 18.3 Å². The number of halogens is 1. The highest BCUT2D eigenvalue weighted by Gasteiger charge is 2.20. The van der Waals surface area contributed by atoms with Crippen LogP contribution in [0.4, 0.5) is 0 Å². The van der Waals surface area contributed by atoms with Crippen LogP contribution in [0.15, 0.2) is 22.8 Å². The molecule has 0 aliphatic carbocycles. The SMILES string of the molecule is CC(C)c1cccc2c1nc1n(C)c(CCC(=O)O)c(Br)n21. The number of carboxylic acid groups (broad SMARTS) is 1. The molecule has 3 aromatic rings. The lowest BCUT2D eigenvalue weighted by molar-refractivity contribution is -0.136. The van der Waals surface area contributed by atoms with Crippen LogP contribution in [0.1, 0.15) is 37.4 Å². The maximum Gasteiger partial charge on any atom is 0.303 e. The largest absolute Gasteiger partial charge is 0.481 e. The monoisotopic (exact) mass is 363 g/mol. The molecule has 0 aliphatic rings. The fourth-order valence-electron chi connectivity index (χ4n) is 2.88. The van der Waals surface area contributed by atoms with Gasteiger partial charge in [-0.2, -0.15) is 0 Å². The summed E-state index contributed by atoms with van der Waals surface area (Å²) in [6, 6.07) is 6.20. The van der Waals surface area contributed by atoms with Gasteiger partial charge in [-0.25, -0.2) is 4.98 Å². The number of aryl methyl sites for hydroxylation is 1. The molecule has 0 spiro atoms. The van der Waals surface area contributed by atoms with Crippen LogP contribution >= 0.6 is 15.9 Å². The maximum absolute atomic E-state index is 10.8. The number of hydrogen-bond acceptors (Lipinski definition) is 2. The second kappa shape index (κ2) is 5.43. The van der Waals surface area contributed by atoms with Gasteiger partial charge in [-0.15, -0.1) is 0 Å². The first kappa shape index (κ1) is 15.1. The number of carbonyl (C=O) groups is 1. The van der Waals surface area contributed by atoms with Crippen LogP contribution in [0.2, 0.25) is 0 Å². The second-order valence-corrected chi connectivity index (χ2v) is 6.56. The van der Waals surface area contributed by atoms with Gasteiger partial charge >= 0.3 is 5.97 Å². The van der Waals surface area contributed by atoms with E-state index < -0.39 is 5.97 Å². The van der Waals surface area contributed by atoms with E-state index in [1.54, 1.807) is 0 Å². The minimum absolute atomic E-state index is 0.106. The van der Waals surface area contributed by atoms with Gasteiger partial charge in [0.2, 0.25) is 5.78 Å². The van der Waals surface area contributed by atoms with E-state index in [1.807, 2.05) is 23.7 Å². The third kappa shape index (κ3) is 2.22. The van der Waals surface area contributed by atoms with E-state index in [0.717, 1.165) is 27.1 Å². The van der Waals surface area contributed by atoms with Gasteiger partial charge in [0.15, 0.2) is 0 Å². The van der Waals surface area contributed by atoms with Crippen LogP contribution in [-0.4, -0.2) is 25.0 Å². The summed E-state index contributed by atoms with van der Waals surface area (Å²) in [5, 5.41) is 8.90. The average Bonchev–Trinajstić information content (AvgIpc) is 2.94. The van der Waals surface area contributed by atoms with Gasteiger partial charge in [0.25, 0.3) is 0 Å². The van der Waals surface area contributed by atoms with Gasteiger partial charge in [0.05, 0.1) is 23.1 Å². The van der Waals surface area contributed by atoms with Gasteiger partial charge < -0.3 is 9.67 Å². The summed E-state index contributed by atoms with van der Waals surface area (Å²) < 4.78 is 4.91. The van der Waals surface area contributed by atoms with Crippen molar-refractivity contribution in [3.05, 3.63) is 34.1 Å². The fraction of sp³-hybridized carbons (Fsp3) is 0.375. The van der Waals surface area contributed by atoms with E-state index >= 15 is 0 Å². The molecular weight excluding hydrogens is 346 g/mol. The van der Waals surface area contributed by atoms with Crippen LogP contribution in [0.3, 0.4) is 0 Å². The predicted octanol–water partition coefficient (Wildman–Crippen LogP) is 3.73. The van der Waals surface area contributed by atoms with Gasteiger partial charge in [0.1, 0.15) is 4.60 Å². The van der Waals surface area contributed by atoms with E-state index in [9.17, 15) is 4.79 Å². The van der Waals surface area contributed by atoms with Gasteiger partial charge in [0, 0.05) is 13.5 Å². The average molecular weight is 364 g/mol. The molecule has 0 fully saturated rings. The molecule has 0 amide bonds. The van der Waals surface area contributed by atoms with Crippen molar-refractivity contribution in [1.82, 2.24) is 14.0 Å². The molecular formula is C16H18BrN3O2. The molecule has 5 nitrogen and oxygen atoms in total. The Labute approximate surface area is 136 Å². The Hall–Kier alpha value is -1.82. The summed E-state index contributed by atoms with van der Waals surface area (Å²) in [6.45, 7) is 4.32. The highest BCUT2D eigenvalue weighted by molar-refractivity contribution is 9.10. The van der Waals surface area contributed by atoms with E-state index in [2.05, 4.69) is 40.2 Å². The smallest absolute Gasteiger partial charge is 0.303 e. The number of nitrogens with zero attached hydrogens (tertiary/aromatic N) is 3. The molecule has 0 bridgehead atoms. The molecule has 116 valence electrons. The predicted molar refractivity (Wildman–Crippen MR) is 89.4 cm³/mol. The second-order valence-electron chi connectivity index (χ2n) is 5.81. The summed E-state index contributed by atoms with van der Waals surface area (Å²) in [5.74, 6) is 0.437. The number of imidazole rings is 2. The van der Waals surface area contributed by atoms with Crippen molar-refractivity contribution in [2.45, 2.75) is 32.6 Å². The van der Waals surface area contributed by atoms with Crippen molar-refractivity contribution in [3.8, 4) is 0 Å². The van der Waals surface area contributed by atoms with Crippen LogP contribution in [0.5, 0.6) is 0 Å². The van der Waals surface area contributed by atoms with E-state index in [0.29, 0.717) is 12.3 Å². The van der Waals surface area contributed by atoms with Crippen LogP contribution < -0.4 is 0 Å². The van der Waals surface area contributed by atoms with Crippen molar-refractivity contribution in [3.63, 3.8) is 0 Å². The van der Waals surface area contributed by atoms with Crippen molar-refractivity contribution in [2.75, 3.05) is 0 Å². The summed E-state index contributed by atoms with van der Waals surface area (Å²) >= 11 is 3.62. The Bertz CT molecular complexity index is 877. The number of hydrogen-bond donors (Lipinski definition) is 1. The summed E-state index contributed by atoms with van der Waals surface area (Å²) in [6.07, 6.45) is 0.579. The summed E-state index contributed by atoms with van der Waals surface area (Å²) in [4.78, 5) is 15.6. The van der Waals surface area contributed by atoms with Gasteiger partial charge in [-0.1, -0.05) is 26.0 Å². The number of para-hydroxylation sites is 1. The number of fused-ring (bicyclic) bond motifs is 3. The number of rotatable bonds is 4. The van der Waals surface area contributed by atoms with Crippen molar-refractivity contribution >= 4 is 38.7 Å². The summed E-state index contributed by atoms with van der Waals surface area (Å²) in [5.41, 5.74) is 4.22. The Morgan fingerprint density at radius 3 is 2.77 bits per heavy atom. The molecule has 22 heavy (non-hydrogen) atoms. The highest BCUT2D eigenvalue weighted by Crippen LogP contribution is 2.31. The molecule has 0 aliphatic heterocycles. The number of aliphatic carboxylic acids is 1. The fourth-order valence-corrected chi connectivity index (χ4v) is 3.69. The minimum Gasteiger partial charge on any atom is -0.481 e. The van der Waals surface area contributed by atoms with Gasteiger partial charge in [-0.05, 0) is 33.5 Å². The molecule has 2 aromatic heterocycles. The zero-order valence-electron chi connectivity index (χ0n) is 12.8. The Kier molecular flexibility index (Phi) is 3.72. The standard InChI is InChI=1S/C16H18BrN3O2/c1-9(2)10-5-4-6-11-14(10)18-16-19(3)12(7-8-13(21)22)15(17)20(11)16/h4-6,9H,7-8H2,1-3H3,(H,21,22). The molecule has 0 atom stereocenters. The zero-order valence-corrected chi connectivity index (χ0v) is 14.4. The minimum atomic E-state index is -0.794. The third-order valence-electron chi connectivity index (χ3n) is 4.04. The molecule has 3 rings (SSSR count). The lowest BCUT2D eigenvalue weighted by atomic mass is 10.0. The molecule has 0 saturated carbocycles. The van der Waals surface area contributed by atoms with Crippen LogP contribution in [0, 0.1) is 0 Å². The first-order chi connectivity index (χ1) is 10.4. The lowest BCUT2D eigenvalue weighted by Crippen LogP contribution is -2.03. The molecule has 2 heterocycles. The Morgan fingerprint density at radius 1 is 1.41 bits per heavy atom. The summed E-state index contributed by atoms with van der Waals surface area (Å²) in [7, 11) is 1.93. The first-order valence-electron chi connectivity index (χ1n) is 7.27. The van der Waals surface area contributed by atoms with E-state index in [4.69, 9.17) is 10.1 Å². The molecule has 1 aromatic carbocycles. The van der Waals surface area contributed by atoms with Crippen molar-refractivity contribution in [2.24, 2.45) is 7.05 Å². The quantitative estimate of drug-likeness (QED) is 0.768. The first-order valence-corrected chi connectivity index (χ1v) is 8.07. The Morgan fingerprint density at radius 2 is 2.14 bits per heavy atom. The highest BCUT2D eigenvalue weighted by atomic mass is 79.9. The maximum atomic E-state index is 10.8. The Balaban J connectivity index is 2.25. The van der Waals surface area contributed by atoms with Crippen molar-refractivity contribution in [1.29, 1.82) is 0 Å². The van der Waals surface area contributed by atoms with E-state index in [-0.39, 0.29) is 6.42 Å². The number of carboxylic acids is 1. The molecule has 0 radical (unpaired) electrons. The third-order valence-corrected chi connectivity index (χ3v) is 4.85. The molecule has 6 heteroatoms. The van der Waals surface area contributed by atoms with Crippen molar-refractivity contribution < 1.29 is 9.90 Å².